The molecule has 31 heavy (non-hydrogen) atoms. The van der Waals surface area contributed by atoms with E-state index in [2.05, 4.69) is 10.6 Å². The number of benzene rings is 2. The lowest BCUT2D eigenvalue weighted by molar-refractivity contribution is -0.115. The number of sulfone groups is 1. The summed E-state index contributed by atoms with van der Waals surface area (Å²) in [6.45, 7) is 3.59. The van der Waals surface area contributed by atoms with Gasteiger partial charge in [0, 0.05) is 11.8 Å². The zero-order chi connectivity index (χ0) is 23.0. The number of methoxy groups -OCH3 is 2. The smallest absolute Gasteiger partial charge is 0.242 e. The van der Waals surface area contributed by atoms with Crippen LogP contribution in [0.15, 0.2) is 42.5 Å². The second-order valence-corrected chi connectivity index (χ2v) is 9.04. The largest absolute Gasteiger partial charge is 0.497 e. The summed E-state index contributed by atoms with van der Waals surface area (Å²) in [6, 6.07) is 11.9. The van der Waals surface area contributed by atoms with E-state index in [0.29, 0.717) is 17.2 Å². The van der Waals surface area contributed by atoms with Gasteiger partial charge in [0.1, 0.15) is 22.5 Å². The number of nitrogens with one attached hydrogen (secondary N) is 2. The summed E-state index contributed by atoms with van der Waals surface area (Å²) >= 11 is 0. The number of aryl methyl sites for hydroxylation is 1. The lowest BCUT2D eigenvalue weighted by Crippen LogP contribution is -2.39. The monoisotopic (exact) mass is 448 g/mol. The van der Waals surface area contributed by atoms with Crippen molar-refractivity contribution in [2.45, 2.75) is 31.9 Å². The molecule has 0 aliphatic rings. The van der Waals surface area contributed by atoms with E-state index < -0.39 is 32.7 Å². The SMILES string of the molecule is CCc1ccc(NC(=O)CS(=O)(=O)C(CC)C(=O)Nc2cc(OC)ccc2OC)cc1. The van der Waals surface area contributed by atoms with Crippen LogP contribution in [0.1, 0.15) is 25.8 Å². The fourth-order valence-corrected chi connectivity index (χ4v) is 4.56. The molecule has 0 aromatic heterocycles. The summed E-state index contributed by atoms with van der Waals surface area (Å²) in [5.74, 6) is -1.41. The molecular formula is C22H28N2O6S. The van der Waals surface area contributed by atoms with Crippen LogP contribution in [0, 0.1) is 0 Å². The lowest BCUT2D eigenvalue weighted by atomic mass is 10.1. The first-order valence-corrected chi connectivity index (χ1v) is 11.6. The minimum absolute atomic E-state index is 0.0128. The number of hydrogen-bond donors (Lipinski definition) is 2. The van der Waals surface area contributed by atoms with Crippen molar-refractivity contribution in [3.05, 3.63) is 48.0 Å². The number of carbonyl (C=O) groups is 2. The molecule has 2 amide bonds. The molecule has 168 valence electrons. The highest BCUT2D eigenvalue weighted by atomic mass is 32.2. The molecule has 0 saturated carbocycles. The average Bonchev–Trinajstić information content (AvgIpc) is 2.73. The number of hydrogen-bond acceptors (Lipinski definition) is 6. The predicted molar refractivity (Wildman–Crippen MR) is 120 cm³/mol. The Morgan fingerprint density at radius 3 is 2.19 bits per heavy atom. The molecule has 0 spiro atoms. The maximum atomic E-state index is 12.8. The molecule has 1 atom stereocenters. The average molecular weight is 449 g/mol. The molecule has 2 N–H and O–H groups in total. The van der Waals surface area contributed by atoms with E-state index in [1.165, 1.54) is 20.3 Å². The number of carbonyl (C=O) groups excluding carboxylic acids is 2. The van der Waals surface area contributed by atoms with E-state index in [4.69, 9.17) is 9.47 Å². The van der Waals surface area contributed by atoms with E-state index in [1.807, 2.05) is 19.1 Å². The van der Waals surface area contributed by atoms with Crippen LogP contribution >= 0.6 is 0 Å². The number of amides is 2. The van der Waals surface area contributed by atoms with Crippen molar-refractivity contribution in [2.24, 2.45) is 0 Å². The van der Waals surface area contributed by atoms with Crippen molar-refractivity contribution < 1.29 is 27.5 Å². The highest BCUT2D eigenvalue weighted by Gasteiger charge is 2.33. The van der Waals surface area contributed by atoms with Gasteiger partial charge in [0.25, 0.3) is 0 Å². The fraction of sp³-hybridized carbons (Fsp3) is 0.364. The predicted octanol–water partition coefficient (Wildman–Crippen LogP) is 3.04. The molecule has 9 heteroatoms. The fourth-order valence-electron chi connectivity index (χ4n) is 3.03. The molecule has 2 aromatic rings. The van der Waals surface area contributed by atoms with Crippen molar-refractivity contribution in [1.29, 1.82) is 0 Å². The minimum Gasteiger partial charge on any atom is -0.497 e. The first-order valence-electron chi connectivity index (χ1n) is 9.87. The summed E-state index contributed by atoms with van der Waals surface area (Å²) in [7, 11) is -1.15. The Bertz CT molecular complexity index is 1020. The normalized spacial score (nSPS) is 12.0. The van der Waals surface area contributed by atoms with Crippen LogP contribution in [-0.2, 0) is 25.8 Å². The molecule has 0 bridgehead atoms. The molecule has 0 aliphatic carbocycles. The Kier molecular flexibility index (Phi) is 8.44. The summed E-state index contributed by atoms with van der Waals surface area (Å²) in [6.07, 6.45) is 0.868. The van der Waals surface area contributed by atoms with Crippen LogP contribution in [0.3, 0.4) is 0 Å². The summed E-state index contributed by atoms with van der Waals surface area (Å²) in [5, 5.41) is 3.75. The topological polar surface area (TPSA) is 111 Å². The number of ether oxygens (including phenoxy) is 2. The van der Waals surface area contributed by atoms with Gasteiger partial charge in [-0.2, -0.15) is 0 Å². The third kappa shape index (κ3) is 6.45. The van der Waals surface area contributed by atoms with Crippen molar-refractivity contribution in [3.8, 4) is 11.5 Å². The third-order valence-electron chi connectivity index (χ3n) is 4.74. The quantitative estimate of drug-likeness (QED) is 0.578. The van der Waals surface area contributed by atoms with E-state index in [1.54, 1.807) is 31.2 Å². The van der Waals surface area contributed by atoms with E-state index >= 15 is 0 Å². The maximum Gasteiger partial charge on any atom is 0.242 e. The molecular weight excluding hydrogens is 420 g/mol. The second-order valence-electron chi connectivity index (χ2n) is 6.86. The van der Waals surface area contributed by atoms with Gasteiger partial charge >= 0.3 is 0 Å². The van der Waals surface area contributed by atoms with Gasteiger partial charge in [0.2, 0.25) is 11.8 Å². The van der Waals surface area contributed by atoms with Crippen LogP contribution in [0.25, 0.3) is 0 Å². The molecule has 1 unspecified atom stereocenters. The minimum atomic E-state index is -4.06. The van der Waals surface area contributed by atoms with Gasteiger partial charge in [-0.1, -0.05) is 26.0 Å². The Morgan fingerprint density at radius 2 is 1.65 bits per heavy atom. The lowest BCUT2D eigenvalue weighted by Gasteiger charge is -2.17. The standard InChI is InChI=1S/C22H28N2O6S/c1-5-15-7-9-16(10-8-15)23-21(25)14-31(27,28)20(6-2)22(26)24-18-13-17(29-3)11-12-19(18)30-4/h7-13,20H,5-6,14H2,1-4H3,(H,23,25)(H,24,26). The van der Waals surface area contributed by atoms with Crippen molar-refractivity contribution in [3.63, 3.8) is 0 Å². The highest BCUT2D eigenvalue weighted by molar-refractivity contribution is 7.93. The van der Waals surface area contributed by atoms with Crippen LogP contribution in [0.4, 0.5) is 11.4 Å². The zero-order valence-corrected chi connectivity index (χ0v) is 18.9. The summed E-state index contributed by atoms with van der Waals surface area (Å²) < 4.78 is 35.9. The molecule has 0 saturated heterocycles. The van der Waals surface area contributed by atoms with Crippen LogP contribution in [-0.4, -0.2) is 45.5 Å². The molecule has 0 heterocycles. The van der Waals surface area contributed by atoms with Crippen LogP contribution < -0.4 is 20.1 Å². The van der Waals surface area contributed by atoms with E-state index in [0.717, 1.165) is 12.0 Å². The molecule has 2 aromatic carbocycles. The van der Waals surface area contributed by atoms with E-state index in [9.17, 15) is 18.0 Å². The van der Waals surface area contributed by atoms with Crippen molar-refractivity contribution >= 4 is 33.0 Å². The Balaban J connectivity index is 2.12. The maximum absolute atomic E-state index is 12.8. The molecule has 8 nitrogen and oxygen atoms in total. The molecule has 0 radical (unpaired) electrons. The van der Waals surface area contributed by atoms with Gasteiger partial charge in [-0.25, -0.2) is 8.42 Å². The van der Waals surface area contributed by atoms with Gasteiger partial charge in [-0.15, -0.1) is 0 Å². The van der Waals surface area contributed by atoms with Gasteiger partial charge in [-0.05, 0) is 42.7 Å². The number of anilines is 2. The first kappa shape index (κ1) is 24.2. The first-order chi connectivity index (χ1) is 14.7. The van der Waals surface area contributed by atoms with Gasteiger partial charge in [-0.3, -0.25) is 9.59 Å². The van der Waals surface area contributed by atoms with Crippen molar-refractivity contribution in [1.82, 2.24) is 0 Å². The van der Waals surface area contributed by atoms with Crippen LogP contribution in [0.2, 0.25) is 0 Å². The third-order valence-corrected chi connectivity index (χ3v) is 6.82. The molecule has 2 rings (SSSR count). The van der Waals surface area contributed by atoms with Gasteiger partial charge < -0.3 is 20.1 Å². The Hall–Kier alpha value is -3.07. The summed E-state index contributed by atoms with van der Waals surface area (Å²) in [4.78, 5) is 25.1. The van der Waals surface area contributed by atoms with E-state index in [-0.39, 0.29) is 12.1 Å². The number of rotatable bonds is 10. The summed E-state index contributed by atoms with van der Waals surface area (Å²) in [5.41, 5.74) is 1.87. The zero-order valence-electron chi connectivity index (χ0n) is 18.1. The Morgan fingerprint density at radius 1 is 0.968 bits per heavy atom. The van der Waals surface area contributed by atoms with Gasteiger partial charge in [0.05, 0.1) is 19.9 Å². The molecule has 0 fully saturated rings. The Labute approximate surface area is 182 Å². The molecule has 0 aliphatic heterocycles. The van der Waals surface area contributed by atoms with Gasteiger partial charge in [0.15, 0.2) is 9.84 Å². The highest BCUT2D eigenvalue weighted by Crippen LogP contribution is 2.29. The van der Waals surface area contributed by atoms with Crippen LogP contribution in [0.5, 0.6) is 11.5 Å². The second kappa shape index (κ2) is 10.8. The van der Waals surface area contributed by atoms with Crippen molar-refractivity contribution in [2.75, 3.05) is 30.6 Å².